The molecule has 1 aromatic heterocycles. The van der Waals surface area contributed by atoms with Crippen molar-refractivity contribution in [1.82, 2.24) is 9.88 Å². The maximum atomic E-state index is 12.7. The quantitative estimate of drug-likeness (QED) is 0.745. The van der Waals surface area contributed by atoms with Crippen LogP contribution < -0.4 is 5.73 Å². The van der Waals surface area contributed by atoms with E-state index >= 15 is 0 Å². The number of rotatable bonds is 4. The number of aromatic amines is 1. The summed E-state index contributed by atoms with van der Waals surface area (Å²) in [7, 11) is 0. The maximum Gasteiger partial charge on any atom is 0.410 e. The molecule has 0 fully saturated rings. The molecule has 1 atom stereocenters. The van der Waals surface area contributed by atoms with Crippen LogP contribution in [0.15, 0.2) is 54.6 Å². The van der Waals surface area contributed by atoms with Crippen LogP contribution in [-0.2, 0) is 22.6 Å². The van der Waals surface area contributed by atoms with Crippen molar-refractivity contribution >= 4 is 22.9 Å². The van der Waals surface area contributed by atoms with Gasteiger partial charge in [0.2, 0.25) is 5.91 Å². The van der Waals surface area contributed by atoms with E-state index in [1.165, 1.54) is 0 Å². The van der Waals surface area contributed by atoms with Crippen LogP contribution >= 0.6 is 0 Å². The van der Waals surface area contributed by atoms with Crippen molar-refractivity contribution in [2.45, 2.75) is 25.5 Å². The second kappa shape index (κ2) is 7.15. The van der Waals surface area contributed by atoms with Crippen LogP contribution in [0.25, 0.3) is 10.9 Å². The fourth-order valence-electron chi connectivity index (χ4n) is 3.74. The Kier molecular flexibility index (Phi) is 4.54. The Labute approximate surface area is 156 Å². The van der Waals surface area contributed by atoms with Crippen LogP contribution in [0.4, 0.5) is 4.79 Å². The molecule has 2 amide bonds. The summed E-state index contributed by atoms with van der Waals surface area (Å²) in [6.45, 7) is 0.680. The first-order valence-electron chi connectivity index (χ1n) is 8.98. The standard InChI is InChI=1S/C21H21N3O3/c22-19(25)12-18-20-16(15-8-4-5-9-17(15)23-20)10-11-24(18)21(26)27-13-14-6-2-1-3-7-14/h1-9,18,23H,10-13H2,(H2,22,25). The van der Waals surface area contributed by atoms with Gasteiger partial charge in [-0.2, -0.15) is 0 Å². The molecule has 1 unspecified atom stereocenters. The van der Waals surface area contributed by atoms with Gasteiger partial charge in [-0.1, -0.05) is 48.5 Å². The van der Waals surface area contributed by atoms with E-state index in [1.54, 1.807) is 4.90 Å². The number of benzene rings is 2. The number of nitrogens with zero attached hydrogens (tertiary/aromatic N) is 1. The Balaban J connectivity index is 1.60. The average molecular weight is 363 g/mol. The monoisotopic (exact) mass is 363 g/mol. The molecule has 138 valence electrons. The van der Waals surface area contributed by atoms with Crippen molar-refractivity contribution < 1.29 is 14.3 Å². The predicted molar refractivity (Wildman–Crippen MR) is 102 cm³/mol. The number of nitrogens with one attached hydrogen (secondary N) is 1. The van der Waals surface area contributed by atoms with Crippen molar-refractivity contribution in [3.8, 4) is 0 Å². The SMILES string of the molecule is NC(=O)CC1c2[nH]c3ccccc3c2CCN1C(=O)OCc1ccccc1. The summed E-state index contributed by atoms with van der Waals surface area (Å²) < 4.78 is 5.49. The predicted octanol–water partition coefficient (Wildman–Crippen LogP) is 3.28. The van der Waals surface area contributed by atoms with E-state index in [-0.39, 0.29) is 13.0 Å². The molecule has 0 radical (unpaired) electrons. The summed E-state index contributed by atoms with van der Waals surface area (Å²) >= 11 is 0. The van der Waals surface area contributed by atoms with Gasteiger partial charge >= 0.3 is 6.09 Å². The number of fused-ring (bicyclic) bond motifs is 3. The molecule has 0 spiro atoms. The van der Waals surface area contributed by atoms with Gasteiger partial charge in [-0.05, 0) is 23.6 Å². The molecular weight excluding hydrogens is 342 g/mol. The lowest BCUT2D eigenvalue weighted by Crippen LogP contribution is -2.42. The second-order valence-corrected chi connectivity index (χ2v) is 6.73. The van der Waals surface area contributed by atoms with Crippen LogP contribution in [0.3, 0.4) is 0 Å². The van der Waals surface area contributed by atoms with Gasteiger partial charge in [-0.25, -0.2) is 4.79 Å². The Bertz CT molecular complexity index is 981. The molecule has 0 saturated heterocycles. The minimum absolute atomic E-state index is 0.0558. The number of hydrogen-bond donors (Lipinski definition) is 2. The van der Waals surface area contributed by atoms with Crippen LogP contribution in [0, 0.1) is 0 Å². The lowest BCUT2D eigenvalue weighted by molar-refractivity contribution is -0.119. The number of amides is 2. The summed E-state index contributed by atoms with van der Waals surface area (Å²) in [5, 5.41) is 1.12. The number of carbonyl (C=O) groups excluding carboxylic acids is 2. The molecule has 3 N–H and O–H groups in total. The maximum absolute atomic E-state index is 12.7. The number of para-hydroxylation sites is 1. The van der Waals surface area contributed by atoms with Crippen molar-refractivity contribution in [1.29, 1.82) is 0 Å². The third kappa shape index (κ3) is 3.38. The first-order chi connectivity index (χ1) is 13.1. The highest BCUT2D eigenvalue weighted by molar-refractivity contribution is 5.86. The zero-order valence-corrected chi connectivity index (χ0v) is 14.9. The van der Waals surface area contributed by atoms with Crippen LogP contribution in [0.1, 0.15) is 29.3 Å². The van der Waals surface area contributed by atoms with Gasteiger partial charge in [0.15, 0.2) is 0 Å². The van der Waals surface area contributed by atoms with Crippen molar-refractivity contribution in [2.24, 2.45) is 5.73 Å². The summed E-state index contributed by atoms with van der Waals surface area (Å²) in [4.78, 5) is 29.4. The van der Waals surface area contributed by atoms with E-state index in [1.807, 2.05) is 48.5 Å². The Hall–Kier alpha value is -3.28. The number of ether oxygens (including phenoxy) is 1. The first kappa shape index (κ1) is 17.1. The molecule has 2 heterocycles. The molecule has 0 saturated carbocycles. The smallest absolute Gasteiger partial charge is 0.410 e. The molecule has 2 aromatic carbocycles. The summed E-state index contributed by atoms with van der Waals surface area (Å²) in [5.41, 5.74) is 9.40. The van der Waals surface area contributed by atoms with Gasteiger partial charge in [0.05, 0.1) is 12.5 Å². The number of nitrogens with two attached hydrogens (primary N) is 1. The summed E-state index contributed by atoms with van der Waals surface area (Å²) in [6, 6.07) is 17.1. The van der Waals surface area contributed by atoms with Gasteiger partial charge in [-0.15, -0.1) is 0 Å². The highest BCUT2D eigenvalue weighted by Gasteiger charge is 2.35. The molecule has 3 aromatic rings. The topological polar surface area (TPSA) is 88.4 Å². The average Bonchev–Trinajstić information content (AvgIpc) is 3.06. The lowest BCUT2D eigenvalue weighted by Gasteiger charge is -2.34. The summed E-state index contributed by atoms with van der Waals surface area (Å²) in [5.74, 6) is -0.452. The van der Waals surface area contributed by atoms with E-state index in [0.717, 1.165) is 27.7 Å². The molecule has 6 nitrogen and oxygen atoms in total. The lowest BCUT2D eigenvalue weighted by atomic mass is 9.95. The Morgan fingerprint density at radius 2 is 1.85 bits per heavy atom. The second-order valence-electron chi connectivity index (χ2n) is 6.73. The molecule has 6 heteroatoms. The number of hydrogen-bond acceptors (Lipinski definition) is 3. The van der Waals surface area contributed by atoms with Crippen molar-refractivity contribution in [2.75, 3.05) is 6.54 Å². The van der Waals surface area contributed by atoms with Gasteiger partial charge in [0.25, 0.3) is 0 Å². The zero-order chi connectivity index (χ0) is 18.8. The van der Waals surface area contributed by atoms with Crippen LogP contribution in [0.2, 0.25) is 0 Å². The van der Waals surface area contributed by atoms with Crippen molar-refractivity contribution in [3.05, 3.63) is 71.4 Å². The normalized spacial score (nSPS) is 16.1. The fourth-order valence-corrected chi connectivity index (χ4v) is 3.74. The van der Waals surface area contributed by atoms with Crippen molar-refractivity contribution in [3.63, 3.8) is 0 Å². The largest absolute Gasteiger partial charge is 0.445 e. The Morgan fingerprint density at radius 3 is 2.63 bits per heavy atom. The zero-order valence-electron chi connectivity index (χ0n) is 14.9. The van der Waals surface area contributed by atoms with E-state index in [0.29, 0.717) is 13.0 Å². The minimum Gasteiger partial charge on any atom is -0.445 e. The highest BCUT2D eigenvalue weighted by atomic mass is 16.6. The van der Waals surface area contributed by atoms with E-state index < -0.39 is 18.0 Å². The molecule has 1 aliphatic heterocycles. The van der Waals surface area contributed by atoms with Gasteiger partial charge in [0, 0.05) is 23.1 Å². The fraction of sp³-hybridized carbons (Fsp3) is 0.238. The van der Waals surface area contributed by atoms with Crippen LogP contribution in [0.5, 0.6) is 0 Å². The number of H-pyrrole nitrogens is 1. The van der Waals surface area contributed by atoms with Gasteiger partial charge in [0.1, 0.15) is 6.61 Å². The molecule has 1 aliphatic rings. The van der Waals surface area contributed by atoms with E-state index in [2.05, 4.69) is 11.1 Å². The van der Waals surface area contributed by atoms with Gasteiger partial charge < -0.3 is 15.5 Å². The third-order valence-electron chi connectivity index (χ3n) is 4.99. The summed E-state index contributed by atoms with van der Waals surface area (Å²) in [6.07, 6.45) is 0.323. The number of primary amides is 1. The Morgan fingerprint density at radius 1 is 1.11 bits per heavy atom. The molecule has 27 heavy (non-hydrogen) atoms. The molecule has 0 aliphatic carbocycles. The first-order valence-corrected chi connectivity index (χ1v) is 8.98. The highest BCUT2D eigenvalue weighted by Crippen LogP contribution is 2.36. The van der Waals surface area contributed by atoms with Gasteiger partial charge in [-0.3, -0.25) is 9.69 Å². The third-order valence-corrected chi connectivity index (χ3v) is 4.99. The molecule has 4 rings (SSSR count). The van der Waals surface area contributed by atoms with Crippen LogP contribution in [-0.4, -0.2) is 28.4 Å². The molecule has 0 bridgehead atoms. The van der Waals surface area contributed by atoms with E-state index in [4.69, 9.17) is 10.5 Å². The number of carbonyl (C=O) groups is 2. The minimum atomic E-state index is -0.452. The van der Waals surface area contributed by atoms with E-state index in [9.17, 15) is 9.59 Å². The molecular formula is C21H21N3O3. The number of aromatic nitrogens is 1.